The van der Waals surface area contributed by atoms with E-state index < -0.39 is 36.8 Å². The molecule has 0 amide bonds. The Morgan fingerprint density at radius 1 is 1.42 bits per heavy atom. The number of thiophene rings is 1. The van der Waals surface area contributed by atoms with Gasteiger partial charge in [-0.3, -0.25) is 4.99 Å². The molecule has 26 heavy (non-hydrogen) atoms. The lowest BCUT2D eigenvalue weighted by atomic mass is 9.98. The van der Waals surface area contributed by atoms with Crippen LogP contribution in [0.5, 0.6) is 0 Å². The van der Waals surface area contributed by atoms with Crippen LogP contribution in [-0.4, -0.2) is 81.6 Å². The zero-order chi connectivity index (χ0) is 18.5. The fourth-order valence-electron chi connectivity index (χ4n) is 3.30. The molecule has 1 unspecified atom stereocenters. The van der Waals surface area contributed by atoms with Gasteiger partial charge >= 0.3 is 0 Å². The van der Waals surface area contributed by atoms with Crippen LogP contribution in [0.25, 0.3) is 0 Å². The van der Waals surface area contributed by atoms with Gasteiger partial charge in [-0.25, -0.2) is 9.98 Å². The Kier molecular flexibility index (Phi) is 4.59. The van der Waals surface area contributed by atoms with Gasteiger partial charge in [-0.15, -0.1) is 11.3 Å². The molecule has 5 atom stereocenters. The standard InChI is InChI=1S/C15H18ClN5O4S/c16-7-1-2-26-9(7)3-15(17)12-13(18-5-20-15)21(6-19-12)14-11(24)10(23)8(4-22)25-14/h1-2,5,8,10-11,14,22-24H,3-4,6,17H2/t8-,10-,11-,14-,15?/m1/s1. The summed E-state index contributed by atoms with van der Waals surface area (Å²) in [6.45, 7) is -0.247. The molecular weight excluding hydrogens is 382 g/mol. The number of aliphatic hydroxyl groups excluding tert-OH is 3. The average molecular weight is 400 g/mol. The molecule has 3 aliphatic heterocycles. The van der Waals surface area contributed by atoms with Crippen LogP contribution in [-0.2, 0) is 11.2 Å². The fraction of sp³-hybridized carbons (Fsp3) is 0.533. The molecule has 140 valence electrons. The number of hydrogen-bond donors (Lipinski definition) is 4. The Bertz CT molecular complexity index is 799. The Labute approximate surface area is 158 Å². The van der Waals surface area contributed by atoms with Crippen LogP contribution in [0, 0.1) is 0 Å². The molecule has 0 radical (unpaired) electrons. The summed E-state index contributed by atoms with van der Waals surface area (Å²) in [5.41, 5.74) is 5.85. The van der Waals surface area contributed by atoms with E-state index in [2.05, 4.69) is 15.0 Å². The molecule has 5 N–H and O–H groups in total. The number of ether oxygens (including phenoxy) is 1. The van der Waals surface area contributed by atoms with E-state index in [0.29, 0.717) is 23.0 Å². The number of rotatable bonds is 4. The highest BCUT2D eigenvalue weighted by Gasteiger charge is 2.50. The molecule has 0 aromatic carbocycles. The van der Waals surface area contributed by atoms with Crippen molar-refractivity contribution in [3.05, 3.63) is 21.3 Å². The van der Waals surface area contributed by atoms with Crippen LogP contribution < -0.4 is 5.73 Å². The van der Waals surface area contributed by atoms with Gasteiger partial charge < -0.3 is 30.7 Å². The number of nitrogens with zero attached hydrogens (tertiary/aromatic N) is 4. The maximum absolute atomic E-state index is 10.3. The van der Waals surface area contributed by atoms with Gasteiger partial charge in [0, 0.05) is 11.3 Å². The third kappa shape index (κ3) is 2.78. The maximum atomic E-state index is 10.3. The molecule has 9 nitrogen and oxygen atoms in total. The zero-order valence-corrected chi connectivity index (χ0v) is 15.1. The molecule has 11 heteroatoms. The number of halogens is 1. The summed E-state index contributed by atoms with van der Waals surface area (Å²) in [6, 6.07) is 1.80. The average Bonchev–Trinajstić information content (AvgIpc) is 3.29. The lowest BCUT2D eigenvalue weighted by molar-refractivity contribution is -0.0688. The Hall–Kier alpha value is -1.40. The fourth-order valence-corrected chi connectivity index (χ4v) is 4.49. The topological polar surface area (TPSA) is 136 Å². The van der Waals surface area contributed by atoms with Gasteiger partial charge in [0.1, 0.15) is 37.0 Å². The minimum absolute atomic E-state index is 0.154. The van der Waals surface area contributed by atoms with Crippen molar-refractivity contribution in [2.24, 2.45) is 20.7 Å². The predicted octanol–water partition coefficient (Wildman–Crippen LogP) is -0.808. The highest BCUT2D eigenvalue weighted by atomic mass is 35.5. The normalized spacial score (nSPS) is 36.3. The molecule has 1 fully saturated rings. The van der Waals surface area contributed by atoms with Gasteiger partial charge in [-0.1, -0.05) is 11.6 Å². The SMILES string of the molecule is NC1(Cc2sccc2Cl)N=CN=C2C1=NCN2[C@@H]1O[C@H](CO)[C@@H](O)[C@H]1O. The molecule has 1 aromatic rings. The van der Waals surface area contributed by atoms with Crippen LogP contribution >= 0.6 is 22.9 Å². The number of aliphatic imine (C=N–C) groups is 3. The van der Waals surface area contributed by atoms with Crippen molar-refractivity contribution in [2.75, 3.05) is 13.3 Å². The molecule has 1 aromatic heterocycles. The smallest absolute Gasteiger partial charge is 0.162 e. The van der Waals surface area contributed by atoms with E-state index in [1.54, 1.807) is 11.0 Å². The van der Waals surface area contributed by atoms with Crippen molar-refractivity contribution < 1.29 is 20.1 Å². The van der Waals surface area contributed by atoms with E-state index in [9.17, 15) is 15.3 Å². The summed E-state index contributed by atoms with van der Waals surface area (Å²) in [7, 11) is 0. The van der Waals surface area contributed by atoms with E-state index in [1.165, 1.54) is 17.7 Å². The van der Waals surface area contributed by atoms with E-state index in [1.807, 2.05) is 5.38 Å². The zero-order valence-electron chi connectivity index (χ0n) is 13.6. The van der Waals surface area contributed by atoms with Crippen molar-refractivity contribution in [1.82, 2.24) is 4.90 Å². The lowest BCUT2D eigenvalue weighted by Gasteiger charge is -2.32. The molecule has 3 aliphatic rings. The number of nitrogens with two attached hydrogens (primary N) is 1. The minimum atomic E-state index is -1.21. The maximum Gasteiger partial charge on any atom is 0.162 e. The molecule has 0 aliphatic carbocycles. The monoisotopic (exact) mass is 399 g/mol. The van der Waals surface area contributed by atoms with Gasteiger partial charge in [0.2, 0.25) is 0 Å². The quantitative estimate of drug-likeness (QED) is 0.523. The molecule has 4 rings (SSSR count). The van der Waals surface area contributed by atoms with Crippen LogP contribution in [0.2, 0.25) is 5.02 Å². The molecule has 1 saturated heterocycles. The molecular formula is C15H18ClN5O4S. The van der Waals surface area contributed by atoms with Gasteiger partial charge in [-0.2, -0.15) is 0 Å². The number of amidine groups is 1. The van der Waals surface area contributed by atoms with E-state index in [0.717, 1.165) is 4.88 Å². The first-order chi connectivity index (χ1) is 12.4. The van der Waals surface area contributed by atoms with Crippen LogP contribution in [0.4, 0.5) is 0 Å². The van der Waals surface area contributed by atoms with Crippen LogP contribution in [0.15, 0.2) is 26.4 Å². The van der Waals surface area contributed by atoms with E-state index >= 15 is 0 Å². The van der Waals surface area contributed by atoms with Gasteiger partial charge in [-0.05, 0) is 11.4 Å². The highest BCUT2D eigenvalue weighted by Crippen LogP contribution is 2.32. The Morgan fingerprint density at radius 2 is 2.23 bits per heavy atom. The Balaban J connectivity index is 1.58. The number of hydrogen-bond acceptors (Lipinski definition) is 10. The molecule has 4 heterocycles. The Morgan fingerprint density at radius 3 is 2.88 bits per heavy atom. The third-order valence-corrected chi connectivity index (χ3v) is 6.08. The molecule has 0 spiro atoms. The largest absolute Gasteiger partial charge is 0.394 e. The van der Waals surface area contributed by atoms with Crippen molar-refractivity contribution in [3.63, 3.8) is 0 Å². The first-order valence-corrected chi connectivity index (χ1v) is 9.27. The van der Waals surface area contributed by atoms with Crippen molar-refractivity contribution in [2.45, 2.75) is 36.6 Å². The summed E-state index contributed by atoms with van der Waals surface area (Å²) in [5.74, 6) is 0.435. The van der Waals surface area contributed by atoms with Gasteiger partial charge in [0.15, 0.2) is 17.7 Å². The van der Waals surface area contributed by atoms with E-state index in [4.69, 9.17) is 22.1 Å². The second kappa shape index (κ2) is 6.64. The van der Waals surface area contributed by atoms with Crippen molar-refractivity contribution >= 4 is 40.8 Å². The number of aliphatic hydroxyl groups is 3. The minimum Gasteiger partial charge on any atom is -0.394 e. The molecule has 0 bridgehead atoms. The van der Waals surface area contributed by atoms with Crippen molar-refractivity contribution in [1.29, 1.82) is 0 Å². The summed E-state index contributed by atoms with van der Waals surface area (Å²) in [4.78, 5) is 15.5. The predicted molar refractivity (Wildman–Crippen MR) is 97.8 cm³/mol. The first-order valence-electron chi connectivity index (χ1n) is 8.01. The van der Waals surface area contributed by atoms with Gasteiger partial charge in [0.05, 0.1) is 11.6 Å². The van der Waals surface area contributed by atoms with E-state index in [-0.39, 0.29) is 6.67 Å². The summed E-state index contributed by atoms with van der Waals surface area (Å²) in [5, 5.41) is 32.0. The lowest BCUT2D eigenvalue weighted by Crippen LogP contribution is -2.56. The van der Waals surface area contributed by atoms with Gasteiger partial charge in [0.25, 0.3) is 0 Å². The van der Waals surface area contributed by atoms with Crippen molar-refractivity contribution in [3.8, 4) is 0 Å². The second-order valence-corrected chi connectivity index (χ2v) is 7.74. The summed E-state index contributed by atoms with van der Waals surface area (Å²) < 4.78 is 5.58. The van der Waals surface area contributed by atoms with Crippen LogP contribution in [0.3, 0.4) is 0 Å². The summed E-state index contributed by atoms with van der Waals surface area (Å²) in [6.07, 6.45) is -2.44. The highest BCUT2D eigenvalue weighted by molar-refractivity contribution is 7.10. The molecule has 0 saturated carbocycles. The second-order valence-electron chi connectivity index (χ2n) is 6.34. The van der Waals surface area contributed by atoms with Crippen LogP contribution in [0.1, 0.15) is 4.88 Å². The first kappa shape index (κ1) is 18.0. The third-order valence-electron chi connectivity index (χ3n) is 4.69. The summed E-state index contributed by atoms with van der Waals surface area (Å²) >= 11 is 7.67. The number of fused-ring (bicyclic) bond motifs is 1.